The van der Waals surface area contributed by atoms with Gasteiger partial charge in [0.2, 0.25) is 6.79 Å². The van der Waals surface area contributed by atoms with E-state index in [1.54, 1.807) is 26.0 Å². The summed E-state index contributed by atoms with van der Waals surface area (Å²) < 4.78 is 15.5. The maximum Gasteiger partial charge on any atom is 0.348 e. The van der Waals surface area contributed by atoms with E-state index < -0.39 is 11.8 Å². The summed E-state index contributed by atoms with van der Waals surface area (Å²) in [6, 6.07) is 7.05. The fourth-order valence-corrected chi connectivity index (χ4v) is 4.21. The Kier molecular flexibility index (Phi) is 6.41. The van der Waals surface area contributed by atoms with Crippen molar-refractivity contribution >= 4 is 40.8 Å². The van der Waals surface area contributed by atoms with Crippen molar-refractivity contribution in [1.29, 1.82) is 10.5 Å². The molecule has 1 aliphatic heterocycles. The molecule has 0 radical (unpaired) electrons. The molecule has 0 atom stereocenters. The number of carbonyl (C=O) groups excluding carboxylic acids is 2. The number of carbonyl (C=O) groups is 2. The Labute approximate surface area is 181 Å². The van der Waals surface area contributed by atoms with Crippen LogP contribution in [0.5, 0.6) is 11.5 Å². The molecule has 2 aromatic rings. The van der Waals surface area contributed by atoms with E-state index in [1.165, 1.54) is 6.08 Å². The molecule has 0 fully saturated rings. The number of hydrogen-bond acceptors (Lipinski definition) is 8. The van der Waals surface area contributed by atoms with Gasteiger partial charge in [-0.25, -0.2) is 4.79 Å². The Hall–Kier alpha value is -3.33. The van der Waals surface area contributed by atoms with Crippen molar-refractivity contribution in [2.75, 3.05) is 13.4 Å². The number of thiophene rings is 1. The molecule has 0 bridgehead atoms. The monoisotopic (exact) mass is 442 g/mol. The lowest BCUT2D eigenvalue weighted by molar-refractivity contribution is -0.114. The van der Waals surface area contributed by atoms with E-state index in [2.05, 4.69) is 0 Å². The largest absolute Gasteiger partial charge is 0.462 e. The van der Waals surface area contributed by atoms with Crippen LogP contribution in [0, 0.1) is 29.6 Å². The SMILES string of the molecule is CCOC(=O)c1sc(CC(=O)/C(C#N)=C/c2cc3c(cc2Cl)OCO3)c(C#N)c1C. The molecule has 9 heteroatoms. The molecule has 1 aromatic carbocycles. The molecule has 3 rings (SSSR count). The molecule has 30 heavy (non-hydrogen) atoms. The van der Waals surface area contributed by atoms with Gasteiger partial charge in [-0.2, -0.15) is 10.5 Å². The average Bonchev–Trinajstić information content (AvgIpc) is 3.29. The minimum atomic E-state index is -0.543. The number of nitrogens with zero attached hydrogens (tertiary/aromatic N) is 2. The van der Waals surface area contributed by atoms with E-state index in [-0.39, 0.29) is 35.8 Å². The third kappa shape index (κ3) is 4.16. The first kappa shape index (κ1) is 21.4. The fraction of sp³-hybridized carbons (Fsp3) is 0.238. The van der Waals surface area contributed by atoms with E-state index in [0.717, 1.165) is 11.3 Å². The van der Waals surface area contributed by atoms with E-state index in [4.69, 9.17) is 25.8 Å². The number of fused-ring (bicyclic) bond motifs is 1. The molecule has 0 aliphatic carbocycles. The van der Waals surface area contributed by atoms with Crippen LogP contribution in [0.25, 0.3) is 6.08 Å². The van der Waals surface area contributed by atoms with Crippen LogP contribution in [0.1, 0.15) is 38.2 Å². The summed E-state index contributed by atoms with van der Waals surface area (Å²) in [4.78, 5) is 25.5. The third-order valence-electron chi connectivity index (χ3n) is 4.33. The predicted molar refractivity (Wildman–Crippen MR) is 110 cm³/mol. The minimum Gasteiger partial charge on any atom is -0.462 e. The van der Waals surface area contributed by atoms with Gasteiger partial charge in [-0.05, 0) is 37.1 Å². The number of esters is 1. The van der Waals surface area contributed by atoms with Gasteiger partial charge in [0.05, 0.1) is 22.8 Å². The number of Topliss-reactive ketones (excluding diaryl/α,β-unsaturated/α-hetero) is 1. The van der Waals surface area contributed by atoms with Crippen LogP contribution < -0.4 is 9.47 Å². The molecular weight excluding hydrogens is 428 g/mol. The number of ether oxygens (including phenoxy) is 3. The number of benzene rings is 1. The number of allylic oxidation sites excluding steroid dienone is 1. The van der Waals surface area contributed by atoms with Gasteiger partial charge < -0.3 is 14.2 Å². The maximum absolute atomic E-state index is 12.8. The van der Waals surface area contributed by atoms with E-state index in [0.29, 0.717) is 32.5 Å². The molecule has 7 nitrogen and oxygen atoms in total. The molecule has 0 spiro atoms. The number of ketones is 1. The van der Waals surface area contributed by atoms with Crippen LogP contribution in [-0.2, 0) is 16.0 Å². The zero-order valence-corrected chi connectivity index (χ0v) is 17.6. The second kappa shape index (κ2) is 9.00. The minimum absolute atomic E-state index is 0.0698. The lowest BCUT2D eigenvalue weighted by atomic mass is 10.0. The Morgan fingerprint density at radius 1 is 1.30 bits per heavy atom. The molecule has 152 valence electrons. The van der Waals surface area contributed by atoms with Crippen LogP contribution in [0.4, 0.5) is 0 Å². The third-order valence-corrected chi connectivity index (χ3v) is 5.93. The highest BCUT2D eigenvalue weighted by atomic mass is 35.5. The first-order valence-corrected chi connectivity index (χ1v) is 10.0. The highest BCUT2D eigenvalue weighted by molar-refractivity contribution is 7.14. The lowest BCUT2D eigenvalue weighted by Gasteiger charge is -2.03. The van der Waals surface area contributed by atoms with E-state index >= 15 is 0 Å². The zero-order valence-electron chi connectivity index (χ0n) is 16.1. The first-order valence-electron chi connectivity index (χ1n) is 8.83. The van der Waals surface area contributed by atoms with E-state index in [1.807, 2.05) is 12.1 Å². The molecule has 0 amide bonds. The first-order chi connectivity index (χ1) is 14.4. The van der Waals surface area contributed by atoms with Crippen LogP contribution >= 0.6 is 22.9 Å². The van der Waals surface area contributed by atoms with Crippen molar-refractivity contribution in [2.45, 2.75) is 20.3 Å². The summed E-state index contributed by atoms with van der Waals surface area (Å²) in [5.41, 5.74) is 1.00. The summed E-state index contributed by atoms with van der Waals surface area (Å²) in [6.45, 7) is 3.58. The molecular formula is C21H15ClN2O5S. The van der Waals surface area contributed by atoms with Crippen LogP contribution in [-0.4, -0.2) is 25.2 Å². The van der Waals surface area contributed by atoms with Crippen LogP contribution in [0.2, 0.25) is 5.02 Å². The van der Waals surface area contributed by atoms with Gasteiger partial charge in [0.15, 0.2) is 17.3 Å². The average molecular weight is 443 g/mol. The number of halogens is 1. The second-order valence-electron chi connectivity index (χ2n) is 6.18. The Morgan fingerprint density at radius 3 is 2.63 bits per heavy atom. The number of rotatable bonds is 6. The standard InChI is InChI=1S/C21H15ClN2O5S/c1-3-27-21(26)20-11(2)14(9-24)19(30-20)7-16(25)13(8-23)4-12-5-17-18(6-15(12)22)29-10-28-17/h4-6H,3,7,10H2,1-2H3/b13-4+. The maximum atomic E-state index is 12.8. The summed E-state index contributed by atoms with van der Waals surface area (Å²) in [6.07, 6.45) is 1.17. The van der Waals surface area contributed by atoms with Gasteiger partial charge in [0.1, 0.15) is 17.0 Å². The Morgan fingerprint density at radius 2 is 2.00 bits per heavy atom. The van der Waals surface area contributed by atoms with Gasteiger partial charge in [0, 0.05) is 17.4 Å². The number of hydrogen-bond donors (Lipinski definition) is 0. The van der Waals surface area contributed by atoms with Gasteiger partial charge >= 0.3 is 5.97 Å². The van der Waals surface area contributed by atoms with Gasteiger partial charge in [-0.15, -0.1) is 11.3 Å². The van der Waals surface area contributed by atoms with Gasteiger partial charge in [-0.1, -0.05) is 11.6 Å². The Balaban J connectivity index is 1.91. The molecule has 0 saturated carbocycles. The van der Waals surface area contributed by atoms with Crippen molar-refractivity contribution < 1.29 is 23.8 Å². The van der Waals surface area contributed by atoms with Crippen molar-refractivity contribution in [1.82, 2.24) is 0 Å². The fourth-order valence-electron chi connectivity index (χ4n) is 2.85. The quantitative estimate of drug-likeness (QED) is 0.374. The summed E-state index contributed by atoms with van der Waals surface area (Å²) in [5.74, 6) is -0.0888. The summed E-state index contributed by atoms with van der Waals surface area (Å²) in [7, 11) is 0. The highest BCUT2D eigenvalue weighted by Gasteiger charge is 2.24. The van der Waals surface area contributed by atoms with Crippen molar-refractivity contribution in [3.63, 3.8) is 0 Å². The normalized spacial score (nSPS) is 12.2. The van der Waals surface area contributed by atoms with Crippen LogP contribution in [0.15, 0.2) is 17.7 Å². The molecule has 2 heterocycles. The molecule has 1 aliphatic rings. The molecule has 0 N–H and O–H groups in total. The number of nitriles is 2. The topological polar surface area (TPSA) is 109 Å². The lowest BCUT2D eigenvalue weighted by Crippen LogP contribution is -2.05. The van der Waals surface area contributed by atoms with Gasteiger partial charge in [0.25, 0.3) is 0 Å². The van der Waals surface area contributed by atoms with Crippen molar-refractivity contribution in [2.24, 2.45) is 0 Å². The Bertz CT molecular complexity index is 1150. The molecule has 0 unspecified atom stereocenters. The zero-order chi connectivity index (χ0) is 21.8. The second-order valence-corrected chi connectivity index (χ2v) is 7.70. The van der Waals surface area contributed by atoms with E-state index in [9.17, 15) is 20.1 Å². The summed E-state index contributed by atoms with van der Waals surface area (Å²) in [5, 5.41) is 19.3. The summed E-state index contributed by atoms with van der Waals surface area (Å²) >= 11 is 7.24. The molecule has 0 saturated heterocycles. The van der Waals surface area contributed by atoms with Crippen LogP contribution in [0.3, 0.4) is 0 Å². The predicted octanol–water partition coefficient (Wildman–Crippen LogP) is 4.21. The van der Waals surface area contributed by atoms with Gasteiger partial charge in [-0.3, -0.25) is 4.79 Å². The van der Waals surface area contributed by atoms with Crippen molar-refractivity contribution in [3.05, 3.63) is 49.2 Å². The smallest absolute Gasteiger partial charge is 0.348 e. The van der Waals surface area contributed by atoms with Crippen molar-refractivity contribution in [3.8, 4) is 23.6 Å². The molecule has 1 aromatic heterocycles. The highest BCUT2D eigenvalue weighted by Crippen LogP contribution is 2.37.